The van der Waals surface area contributed by atoms with Crippen LogP contribution < -0.4 is 14.8 Å². The summed E-state index contributed by atoms with van der Waals surface area (Å²) in [6, 6.07) is 4.06. The van der Waals surface area contributed by atoms with Crippen molar-refractivity contribution in [3.05, 3.63) is 22.2 Å². The summed E-state index contributed by atoms with van der Waals surface area (Å²) in [6.07, 6.45) is 0. The molecule has 1 fully saturated rings. The maximum atomic E-state index is 12.7. The Kier molecular flexibility index (Phi) is 5.11. The summed E-state index contributed by atoms with van der Waals surface area (Å²) in [5.74, 6) is 1.18. The first kappa shape index (κ1) is 16.1. The standard InChI is InChI=1S/C15H21BrN2O3/c1-9-7-18(8-10(2)17-9)15(19)11-5-12(20-3)14(16)13(6-11)21-4/h5-6,9-10,17H,7-8H2,1-4H3. The van der Waals surface area contributed by atoms with Gasteiger partial charge in [0.2, 0.25) is 0 Å². The van der Waals surface area contributed by atoms with E-state index in [1.54, 1.807) is 26.4 Å². The fraction of sp³-hybridized carbons (Fsp3) is 0.533. The van der Waals surface area contributed by atoms with Crippen LogP contribution in [0.5, 0.6) is 11.5 Å². The second-order valence-corrected chi connectivity index (χ2v) is 6.17. The summed E-state index contributed by atoms with van der Waals surface area (Å²) in [5.41, 5.74) is 0.577. The SMILES string of the molecule is COc1cc(C(=O)N2CC(C)NC(C)C2)cc(OC)c1Br. The predicted molar refractivity (Wildman–Crippen MR) is 85.2 cm³/mol. The average molecular weight is 357 g/mol. The van der Waals surface area contributed by atoms with Gasteiger partial charge in [0.05, 0.1) is 14.2 Å². The van der Waals surface area contributed by atoms with Crippen molar-refractivity contribution < 1.29 is 14.3 Å². The molecule has 0 saturated carbocycles. The molecule has 2 unspecified atom stereocenters. The number of hydrogen-bond acceptors (Lipinski definition) is 4. The van der Waals surface area contributed by atoms with Crippen LogP contribution in [-0.4, -0.2) is 50.2 Å². The number of amides is 1. The molecule has 0 bridgehead atoms. The number of nitrogens with zero attached hydrogens (tertiary/aromatic N) is 1. The third kappa shape index (κ3) is 3.49. The first-order valence-corrected chi connectivity index (χ1v) is 7.72. The first-order valence-electron chi connectivity index (χ1n) is 6.93. The number of benzene rings is 1. The van der Waals surface area contributed by atoms with Gasteiger partial charge in [-0.15, -0.1) is 0 Å². The van der Waals surface area contributed by atoms with Crippen molar-refractivity contribution in [1.29, 1.82) is 0 Å². The molecule has 1 heterocycles. The van der Waals surface area contributed by atoms with Crippen molar-refractivity contribution in [3.63, 3.8) is 0 Å². The lowest BCUT2D eigenvalue weighted by Crippen LogP contribution is -2.55. The molecular formula is C15H21BrN2O3. The van der Waals surface area contributed by atoms with Crippen LogP contribution in [0.1, 0.15) is 24.2 Å². The molecule has 2 rings (SSSR count). The van der Waals surface area contributed by atoms with Crippen molar-refractivity contribution in [2.24, 2.45) is 0 Å². The van der Waals surface area contributed by atoms with E-state index in [2.05, 4.69) is 35.1 Å². The smallest absolute Gasteiger partial charge is 0.254 e. The van der Waals surface area contributed by atoms with Crippen LogP contribution in [0, 0.1) is 0 Å². The minimum atomic E-state index is -0.000648. The average Bonchev–Trinajstić information content (AvgIpc) is 2.45. The zero-order valence-electron chi connectivity index (χ0n) is 12.8. The lowest BCUT2D eigenvalue weighted by molar-refractivity contribution is 0.0673. The fourth-order valence-corrected chi connectivity index (χ4v) is 3.22. The molecule has 0 aliphatic carbocycles. The summed E-state index contributed by atoms with van der Waals surface area (Å²) in [4.78, 5) is 14.6. The Balaban J connectivity index is 2.30. The number of rotatable bonds is 3. The van der Waals surface area contributed by atoms with E-state index >= 15 is 0 Å². The number of methoxy groups -OCH3 is 2. The summed E-state index contributed by atoms with van der Waals surface area (Å²) in [6.45, 7) is 5.56. The van der Waals surface area contributed by atoms with Crippen LogP contribution in [0.4, 0.5) is 0 Å². The molecule has 1 aromatic carbocycles. The third-order valence-electron chi connectivity index (χ3n) is 3.54. The van der Waals surface area contributed by atoms with Crippen LogP contribution in [-0.2, 0) is 0 Å². The van der Waals surface area contributed by atoms with E-state index in [0.29, 0.717) is 34.6 Å². The van der Waals surface area contributed by atoms with Crippen molar-refractivity contribution in [2.45, 2.75) is 25.9 Å². The molecule has 2 atom stereocenters. The van der Waals surface area contributed by atoms with Crippen LogP contribution in [0.2, 0.25) is 0 Å². The summed E-state index contributed by atoms with van der Waals surface area (Å²) in [7, 11) is 3.14. The second kappa shape index (κ2) is 6.66. The molecule has 0 spiro atoms. The zero-order valence-corrected chi connectivity index (χ0v) is 14.4. The van der Waals surface area contributed by atoms with E-state index in [1.807, 2.05) is 4.90 Å². The van der Waals surface area contributed by atoms with Gasteiger partial charge in [-0.1, -0.05) is 0 Å². The summed E-state index contributed by atoms with van der Waals surface area (Å²) >= 11 is 3.42. The minimum absolute atomic E-state index is 0.000648. The highest BCUT2D eigenvalue weighted by atomic mass is 79.9. The molecule has 0 aromatic heterocycles. The number of carbonyl (C=O) groups is 1. The third-order valence-corrected chi connectivity index (χ3v) is 4.32. The number of halogens is 1. The first-order chi connectivity index (χ1) is 9.96. The maximum absolute atomic E-state index is 12.7. The molecule has 21 heavy (non-hydrogen) atoms. The van der Waals surface area contributed by atoms with Gasteiger partial charge in [-0.25, -0.2) is 0 Å². The Morgan fingerprint density at radius 3 is 2.10 bits per heavy atom. The highest BCUT2D eigenvalue weighted by Crippen LogP contribution is 2.36. The number of piperazine rings is 1. The minimum Gasteiger partial charge on any atom is -0.495 e. The van der Waals surface area contributed by atoms with Gasteiger partial charge in [0, 0.05) is 30.7 Å². The predicted octanol–water partition coefficient (Wildman–Crippen LogP) is 2.29. The van der Waals surface area contributed by atoms with Gasteiger partial charge in [0.1, 0.15) is 16.0 Å². The van der Waals surface area contributed by atoms with E-state index < -0.39 is 0 Å². The van der Waals surface area contributed by atoms with E-state index in [-0.39, 0.29) is 18.0 Å². The second-order valence-electron chi connectivity index (χ2n) is 5.37. The number of hydrogen-bond donors (Lipinski definition) is 1. The number of nitrogens with one attached hydrogen (secondary N) is 1. The normalized spacial score (nSPS) is 22.0. The molecular weight excluding hydrogens is 336 g/mol. The Bertz CT molecular complexity index is 501. The van der Waals surface area contributed by atoms with Gasteiger partial charge in [0.25, 0.3) is 5.91 Å². The van der Waals surface area contributed by atoms with Gasteiger partial charge < -0.3 is 19.7 Å². The molecule has 1 aliphatic heterocycles. The van der Waals surface area contributed by atoms with Gasteiger partial charge in [-0.2, -0.15) is 0 Å². The quantitative estimate of drug-likeness (QED) is 0.902. The Morgan fingerprint density at radius 1 is 1.19 bits per heavy atom. The van der Waals surface area contributed by atoms with E-state index in [4.69, 9.17) is 9.47 Å². The van der Waals surface area contributed by atoms with Crippen LogP contribution >= 0.6 is 15.9 Å². The van der Waals surface area contributed by atoms with Crippen molar-refractivity contribution in [2.75, 3.05) is 27.3 Å². The van der Waals surface area contributed by atoms with Gasteiger partial charge in [0.15, 0.2) is 0 Å². The molecule has 1 aromatic rings. The van der Waals surface area contributed by atoms with Crippen LogP contribution in [0.25, 0.3) is 0 Å². The lowest BCUT2D eigenvalue weighted by atomic mass is 10.1. The van der Waals surface area contributed by atoms with Gasteiger partial charge >= 0.3 is 0 Å². The van der Waals surface area contributed by atoms with E-state index in [1.165, 1.54) is 0 Å². The maximum Gasteiger partial charge on any atom is 0.254 e. The van der Waals surface area contributed by atoms with Gasteiger partial charge in [-0.05, 0) is 41.9 Å². The highest BCUT2D eigenvalue weighted by Gasteiger charge is 2.26. The van der Waals surface area contributed by atoms with Gasteiger partial charge in [-0.3, -0.25) is 4.79 Å². The summed E-state index contributed by atoms with van der Waals surface area (Å²) in [5, 5.41) is 3.42. The summed E-state index contributed by atoms with van der Waals surface area (Å²) < 4.78 is 11.3. The highest BCUT2D eigenvalue weighted by molar-refractivity contribution is 9.10. The molecule has 116 valence electrons. The molecule has 5 nitrogen and oxygen atoms in total. The van der Waals surface area contributed by atoms with Crippen LogP contribution in [0.15, 0.2) is 16.6 Å². The number of ether oxygens (including phenoxy) is 2. The van der Waals surface area contributed by atoms with Crippen molar-refractivity contribution in [1.82, 2.24) is 10.2 Å². The van der Waals surface area contributed by atoms with E-state index in [9.17, 15) is 4.79 Å². The topological polar surface area (TPSA) is 50.8 Å². The molecule has 1 saturated heterocycles. The molecule has 1 aliphatic rings. The van der Waals surface area contributed by atoms with Crippen molar-refractivity contribution >= 4 is 21.8 Å². The Labute approximate surface area is 133 Å². The lowest BCUT2D eigenvalue weighted by Gasteiger charge is -2.36. The molecule has 0 radical (unpaired) electrons. The van der Waals surface area contributed by atoms with Crippen LogP contribution in [0.3, 0.4) is 0 Å². The number of carbonyl (C=O) groups excluding carboxylic acids is 1. The largest absolute Gasteiger partial charge is 0.495 e. The monoisotopic (exact) mass is 356 g/mol. The fourth-order valence-electron chi connectivity index (χ4n) is 2.67. The Hall–Kier alpha value is -1.27. The molecule has 6 heteroatoms. The Morgan fingerprint density at radius 2 is 1.67 bits per heavy atom. The zero-order chi connectivity index (χ0) is 15.6. The molecule has 1 N–H and O–H groups in total. The van der Waals surface area contributed by atoms with Crippen molar-refractivity contribution in [3.8, 4) is 11.5 Å². The van der Waals surface area contributed by atoms with E-state index in [0.717, 1.165) is 0 Å². The molecule has 1 amide bonds.